The number of amidine groups is 4. The normalized spacial score (nSPS) is 13.6. The average Bonchev–Trinajstić information content (AvgIpc) is 2.72. The lowest BCUT2D eigenvalue weighted by Gasteiger charge is -2.07. The van der Waals surface area contributed by atoms with Gasteiger partial charge in [0.1, 0.15) is 17.5 Å². The molecule has 0 amide bonds. The lowest BCUT2D eigenvalue weighted by Crippen LogP contribution is -2.26. The van der Waals surface area contributed by atoms with Gasteiger partial charge in [0, 0.05) is 25.7 Å². The Morgan fingerprint density at radius 2 is 1.04 bits per heavy atom. The molecule has 0 aromatic carbocycles. The van der Waals surface area contributed by atoms with Gasteiger partial charge in [-0.1, -0.05) is 41.2 Å². The number of hydrogen-bond donors (Lipinski definition) is 8. The van der Waals surface area contributed by atoms with Crippen molar-refractivity contribution in [1.82, 2.24) is 10.9 Å². The molecular formula is C16H34N8O4. The van der Waals surface area contributed by atoms with Gasteiger partial charge >= 0.3 is 0 Å². The third kappa shape index (κ3) is 14.4. The molecule has 0 spiro atoms. The van der Waals surface area contributed by atoms with Crippen molar-refractivity contribution >= 4 is 23.3 Å². The summed E-state index contributed by atoms with van der Waals surface area (Å²) in [6.07, 6.45) is 9.22. The highest BCUT2D eigenvalue weighted by atomic mass is 16.5. The molecule has 0 aliphatic rings. The third-order valence-electron chi connectivity index (χ3n) is 4.02. The highest BCUT2D eigenvalue weighted by Gasteiger charge is 2.03. The molecule has 0 saturated carbocycles. The van der Waals surface area contributed by atoms with Gasteiger partial charge in [-0.05, 0) is 25.7 Å². The van der Waals surface area contributed by atoms with E-state index in [2.05, 4.69) is 26.0 Å². The van der Waals surface area contributed by atoms with E-state index in [0.29, 0.717) is 44.4 Å². The Bertz CT molecular complexity index is 523. The summed E-state index contributed by atoms with van der Waals surface area (Å²) < 4.78 is 0. The van der Waals surface area contributed by atoms with Crippen LogP contribution in [0.3, 0.4) is 0 Å². The molecule has 0 radical (unpaired) electrons. The van der Waals surface area contributed by atoms with Gasteiger partial charge in [0.15, 0.2) is 5.84 Å². The number of hydrazone groups is 1. The standard InChI is InChI=1S/C16H34N8O4/c17-13(21-25)9-5-3-1-2-4-6-11-15(23-27)19-20-16(24-28)12-8-7-10-14(18)22-26/h25-28H,1-12H2,(H2,17,21)(H2,18,22)(H,19,23)(H,20,24). The summed E-state index contributed by atoms with van der Waals surface area (Å²) in [5, 5.41) is 48.0. The Balaban J connectivity index is 3.92. The van der Waals surface area contributed by atoms with E-state index in [0.717, 1.165) is 38.5 Å². The van der Waals surface area contributed by atoms with E-state index in [-0.39, 0.29) is 17.5 Å². The van der Waals surface area contributed by atoms with Crippen LogP contribution in [0.1, 0.15) is 77.0 Å². The smallest absolute Gasteiger partial charge is 0.161 e. The van der Waals surface area contributed by atoms with E-state index in [1.807, 2.05) is 5.48 Å². The minimum atomic E-state index is 0.156. The van der Waals surface area contributed by atoms with Gasteiger partial charge in [-0.25, -0.2) is 0 Å². The maximum absolute atomic E-state index is 9.14. The first-order chi connectivity index (χ1) is 13.6. The quantitative estimate of drug-likeness (QED) is 0.0664. The summed E-state index contributed by atoms with van der Waals surface area (Å²) in [6, 6.07) is 0. The largest absolute Gasteiger partial charge is 0.409 e. The monoisotopic (exact) mass is 402 g/mol. The molecule has 0 heterocycles. The van der Waals surface area contributed by atoms with Crippen LogP contribution in [0.25, 0.3) is 0 Å². The summed E-state index contributed by atoms with van der Waals surface area (Å²) in [5.41, 5.74) is 15.4. The number of oxime groups is 3. The van der Waals surface area contributed by atoms with Crippen molar-refractivity contribution in [3.05, 3.63) is 0 Å². The van der Waals surface area contributed by atoms with Crippen LogP contribution in [-0.4, -0.2) is 44.2 Å². The van der Waals surface area contributed by atoms with E-state index < -0.39 is 0 Å². The van der Waals surface area contributed by atoms with Crippen LogP contribution >= 0.6 is 0 Å². The van der Waals surface area contributed by atoms with E-state index in [4.69, 9.17) is 32.3 Å². The zero-order chi connectivity index (χ0) is 21.0. The molecule has 12 nitrogen and oxygen atoms in total. The molecule has 0 aromatic heterocycles. The molecule has 0 atom stereocenters. The van der Waals surface area contributed by atoms with Crippen LogP contribution < -0.4 is 22.4 Å². The minimum Gasteiger partial charge on any atom is -0.409 e. The number of unbranched alkanes of at least 4 members (excludes halogenated alkanes) is 6. The SMILES string of the molecule is N/C(CCCCCCCC/C(=N/N/C(CCCC/C(N)=N/O)=N\O)NO)=N\O. The Hall–Kier alpha value is -2.76. The van der Waals surface area contributed by atoms with E-state index in [1.165, 1.54) is 0 Å². The molecule has 0 aliphatic carbocycles. The number of hydrogen-bond acceptors (Lipinski definition) is 8. The summed E-state index contributed by atoms with van der Waals surface area (Å²) in [4.78, 5) is 0. The van der Waals surface area contributed by atoms with Gasteiger partial charge in [0.05, 0.1) is 0 Å². The van der Waals surface area contributed by atoms with Crippen molar-refractivity contribution in [2.45, 2.75) is 77.0 Å². The molecular weight excluding hydrogens is 368 g/mol. The van der Waals surface area contributed by atoms with Crippen LogP contribution in [0.4, 0.5) is 0 Å². The van der Waals surface area contributed by atoms with Crippen LogP contribution in [0, 0.1) is 0 Å². The molecule has 12 heteroatoms. The second-order valence-electron chi connectivity index (χ2n) is 6.34. The number of nitrogens with two attached hydrogens (primary N) is 2. The maximum Gasteiger partial charge on any atom is 0.161 e. The van der Waals surface area contributed by atoms with Crippen molar-refractivity contribution in [3.63, 3.8) is 0 Å². The Labute approximate surface area is 165 Å². The van der Waals surface area contributed by atoms with Crippen LogP contribution in [0.15, 0.2) is 20.6 Å². The predicted molar refractivity (Wildman–Crippen MR) is 107 cm³/mol. The third-order valence-corrected chi connectivity index (χ3v) is 4.02. The van der Waals surface area contributed by atoms with Crippen LogP contribution in [-0.2, 0) is 0 Å². The fraction of sp³-hybridized carbons (Fsp3) is 0.750. The molecule has 0 aromatic rings. The highest BCUT2D eigenvalue weighted by Crippen LogP contribution is 2.09. The molecule has 0 fully saturated rings. The maximum atomic E-state index is 9.14. The number of nitrogens with one attached hydrogen (secondary N) is 2. The van der Waals surface area contributed by atoms with Gasteiger partial charge in [0.25, 0.3) is 0 Å². The second kappa shape index (κ2) is 17.6. The van der Waals surface area contributed by atoms with Crippen molar-refractivity contribution in [1.29, 1.82) is 0 Å². The van der Waals surface area contributed by atoms with Crippen molar-refractivity contribution in [2.75, 3.05) is 0 Å². The first kappa shape index (κ1) is 25.2. The highest BCUT2D eigenvalue weighted by molar-refractivity contribution is 5.86. The van der Waals surface area contributed by atoms with Gasteiger partial charge in [-0.15, -0.1) is 0 Å². The molecule has 0 bridgehead atoms. The summed E-state index contributed by atoms with van der Waals surface area (Å²) in [6.45, 7) is 0. The molecule has 28 heavy (non-hydrogen) atoms. The molecule has 0 saturated heterocycles. The number of hydroxylamine groups is 1. The predicted octanol–water partition coefficient (Wildman–Crippen LogP) is 1.83. The van der Waals surface area contributed by atoms with Crippen molar-refractivity contribution in [3.8, 4) is 0 Å². The fourth-order valence-electron chi connectivity index (χ4n) is 2.40. The van der Waals surface area contributed by atoms with E-state index >= 15 is 0 Å². The second-order valence-corrected chi connectivity index (χ2v) is 6.34. The topological polar surface area (TPSA) is 206 Å². The molecule has 0 unspecified atom stereocenters. The lowest BCUT2D eigenvalue weighted by molar-refractivity contribution is 0.230. The van der Waals surface area contributed by atoms with Crippen molar-refractivity contribution in [2.24, 2.45) is 32.0 Å². The number of nitrogens with zero attached hydrogens (tertiary/aromatic N) is 4. The van der Waals surface area contributed by atoms with Crippen LogP contribution in [0.5, 0.6) is 0 Å². The summed E-state index contributed by atoms with van der Waals surface area (Å²) in [7, 11) is 0. The molecule has 162 valence electrons. The molecule has 0 rings (SSSR count). The fourth-order valence-corrected chi connectivity index (χ4v) is 2.40. The number of rotatable bonds is 15. The summed E-state index contributed by atoms with van der Waals surface area (Å²) >= 11 is 0. The zero-order valence-electron chi connectivity index (χ0n) is 16.2. The first-order valence-corrected chi connectivity index (χ1v) is 9.43. The molecule has 0 aliphatic heterocycles. The summed E-state index contributed by atoms with van der Waals surface area (Å²) in [5.74, 6) is 1.03. The lowest BCUT2D eigenvalue weighted by atomic mass is 10.1. The first-order valence-electron chi connectivity index (χ1n) is 9.43. The Morgan fingerprint density at radius 3 is 1.54 bits per heavy atom. The minimum absolute atomic E-state index is 0.156. The van der Waals surface area contributed by atoms with E-state index in [9.17, 15) is 0 Å². The van der Waals surface area contributed by atoms with Crippen LogP contribution in [0.2, 0.25) is 0 Å². The van der Waals surface area contributed by atoms with Gasteiger partial charge in [0.2, 0.25) is 0 Å². The van der Waals surface area contributed by atoms with Gasteiger partial charge in [-0.3, -0.25) is 16.1 Å². The van der Waals surface area contributed by atoms with Gasteiger partial charge in [-0.2, -0.15) is 5.10 Å². The molecule has 10 N–H and O–H groups in total. The van der Waals surface area contributed by atoms with Gasteiger partial charge < -0.3 is 27.1 Å². The van der Waals surface area contributed by atoms with E-state index in [1.54, 1.807) is 0 Å². The Kier molecular flexibility index (Phi) is 15.9. The van der Waals surface area contributed by atoms with Crippen molar-refractivity contribution < 1.29 is 20.8 Å². The average molecular weight is 402 g/mol. The Morgan fingerprint density at radius 1 is 0.607 bits per heavy atom. The zero-order valence-corrected chi connectivity index (χ0v) is 16.2.